The molecule has 4 nitrogen and oxygen atoms in total. The van der Waals surface area contributed by atoms with E-state index in [9.17, 15) is 10.1 Å². The molecule has 0 spiro atoms. The maximum absolute atomic E-state index is 11.1. The van der Waals surface area contributed by atoms with Crippen molar-refractivity contribution in [1.82, 2.24) is 0 Å². The van der Waals surface area contributed by atoms with Crippen LogP contribution in [0.4, 0.5) is 11.4 Å². The number of anilines is 1. The Morgan fingerprint density at radius 3 is 2.65 bits per heavy atom. The lowest BCUT2D eigenvalue weighted by Gasteiger charge is -2.29. The molecule has 1 saturated carbocycles. The van der Waals surface area contributed by atoms with Gasteiger partial charge in [0, 0.05) is 16.6 Å². The lowest BCUT2D eigenvalue weighted by atomic mass is 9.83. The summed E-state index contributed by atoms with van der Waals surface area (Å²) in [6, 6.07) is 5.42. The van der Waals surface area contributed by atoms with Crippen LogP contribution in [0.3, 0.4) is 0 Å². The van der Waals surface area contributed by atoms with Crippen LogP contribution in [0.1, 0.15) is 45.4 Å². The number of nitrogens with one attached hydrogen (secondary N) is 1. The van der Waals surface area contributed by atoms with Crippen molar-refractivity contribution in [3.05, 3.63) is 32.8 Å². The molecule has 0 atom stereocenters. The van der Waals surface area contributed by atoms with E-state index in [4.69, 9.17) is 0 Å². The highest BCUT2D eigenvalue weighted by Crippen LogP contribution is 2.33. The Bertz CT molecular complexity index is 471. The number of hydrogen-bond acceptors (Lipinski definition) is 3. The van der Waals surface area contributed by atoms with Crippen LogP contribution in [0.5, 0.6) is 0 Å². The van der Waals surface area contributed by atoms with E-state index in [1.54, 1.807) is 18.2 Å². The molecular weight excluding hydrogens is 320 g/mol. The van der Waals surface area contributed by atoms with Crippen LogP contribution in [0.2, 0.25) is 0 Å². The number of benzene rings is 1. The molecule has 0 amide bonds. The number of halogens is 1. The van der Waals surface area contributed by atoms with Gasteiger partial charge in [0.1, 0.15) is 5.69 Å². The number of nitrogens with zero attached hydrogens (tertiary/aromatic N) is 1. The van der Waals surface area contributed by atoms with Gasteiger partial charge in [-0.3, -0.25) is 10.1 Å². The predicted octanol–water partition coefficient (Wildman–Crippen LogP) is 5.13. The maximum Gasteiger partial charge on any atom is 0.292 e. The van der Waals surface area contributed by atoms with Gasteiger partial charge in [-0.15, -0.1) is 0 Å². The average Bonchev–Trinajstić information content (AvgIpc) is 2.41. The van der Waals surface area contributed by atoms with E-state index in [-0.39, 0.29) is 10.6 Å². The van der Waals surface area contributed by atoms with E-state index in [1.807, 2.05) is 0 Å². The van der Waals surface area contributed by atoms with Crippen LogP contribution in [0, 0.1) is 16.0 Å². The molecule has 20 heavy (non-hydrogen) atoms. The van der Waals surface area contributed by atoms with Crippen molar-refractivity contribution in [2.45, 2.75) is 51.5 Å². The molecule has 0 radical (unpaired) electrons. The summed E-state index contributed by atoms with van der Waals surface area (Å²) in [5.74, 6) is 0.843. The van der Waals surface area contributed by atoms with Gasteiger partial charge < -0.3 is 5.32 Å². The first-order valence-electron chi connectivity index (χ1n) is 7.30. The number of nitro groups is 1. The molecule has 0 saturated heterocycles. The molecule has 0 unspecified atom stereocenters. The monoisotopic (exact) mass is 340 g/mol. The van der Waals surface area contributed by atoms with E-state index < -0.39 is 0 Å². The molecule has 110 valence electrons. The smallest absolute Gasteiger partial charge is 0.292 e. The molecule has 1 aromatic carbocycles. The summed E-state index contributed by atoms with van der Waals surface area (Å²) in [4.78, 5) is 10.7. The van der Waals surface area contributed by atoms with Gasteiger partial charge in [0.15, 0.2) is 0 Å². The summed E-state index contributed by atoms with van der Waals surface area (Å²) in [5, 5.41) is 14.4. The van der Waals surface area contributed by atoms with Gasteiger partial charge in [-0.1, -0.05) is 35.7 Å². The Kier molecular flexibility index (Phi) is 5.40. The van der Waals surface area contributed by atoms with Gasteiger partial charge in [0.2, 0.25) is 0 Å². The topological polar surface area (TPSA) is 55.2 Å². The average molecular weight is 341 g/mol. The second kappa shape index (κ2) is 7.07. The summed E-state index contributed by atoms with van der Waals surface area (Å²) in [6.07, 6.45) is 7.23. The van der Waals surface area contributed by atoms with E-state index in [2.05, 4.69) is 28.2 Å². The molecule has 0 aliphatic heterocycles. The van der Waals surface area contributed by atoms with Gasteiger partial charge in [-0.25, -0.2) is 0 Å². The minimum absolute atomic E-state index is 0.156. The van der Waals surface area contributed by atoms with Crippen LogP contribution >= 0.6 is 15.9 Å². The zero-order chi connectivity index (χ0) is 14.5. The van der Waals surface area contributed by atoms with Gasteiger partial charge in [-0.2, -0.15) is 0 Å². The van der Waals surface area contributed by atoms with Gasteiger partial charge in [-0.05, 0) is 43.7 Å². The third-order valence-corrected chi connectivity index (χ3v) is 4.55. The van der Waals surface area contributed by atoms with Crippen LogP contribution < -0.4 is 5.32 Å². The fourth-order valence-electron chi connectivity index (χ4n) is 3.01. The highest BCUT2D eigenvalue weighted by Gasteiger charge is 2.23. The summed E-state index contributed by atoms with van der Waals surface area (Å²) in [7, 11) is 0. The first-order valence-corrected chi connectivity index (χ1v) is 8.10. The van der Waals surface area contributed by atoms with Crippen molar-refractivity contribution in [3.8, 4) is 0 Å². The van der Waals surface area contributed by atoms with Crippen LogP contribution in [-0.4, -0.2) is 11.0 Å². The second-order valence-corrected chi connectivity index (χ2v) is 6.48. The van der Waals surface area contributed by atoms with Gasteiger partial charge >= 0.3 is 0 Å². The van der Waals surface area contributed by atoms with Crippen molar-refractivity contribution in [2.75, 3.05) is 5.32 Å². The zero-order valence-electron chi connectivity index (χ0n) is 11.8. The molecule has 0 bridgehead atoms. The quantitative estimate of drug-likeness (QED) is 0.597. The second-order valence-electron chi connectivity index (χ2n) is 5.57. The van der Waals surface area contributed by atoms with Crippen molar-refractivity contribution in [1.29, 1.82) is 0 Å². The largest absolute Gasteiger partial charge is 0.377 e. The molecule has 0 heterocycles. The predicted molar refractivity (Wildman–Crippen MR) is 85.1 cm³/mol. The van der Waals surface area contributed by atoms with Crippen LogP contribution in [0.25, 0.3) is 0 Å². The maximum atomic E-state index is 11.1. The first kappa shape index (κ1) is 15.3. The van der Waals surface area contributed by atoms with Gasteiger partial charge in [0.25, 0.3) is 5.69 Å². The highest BCUT2D eigenvalue weighted by atomic mass is 79.9. The molecule has 0 aromatic heterocycles. The molecule has 1 fully saturated rings. The molecule has 5 heteroatoms. The summed E-state index contributed by atoms with van der Waals surface area (Å²) < 4.78 is 0.866. The number of hydrogen-bond donors (Lipinski definition) is 1. The molecule has 1 aliphatic carbocycles. The SMILES string of the molecule is CCCC1CCC(Nc2cc(Br)ccc2[N+](=O)[O-])CC1. The van der Waals surface area contributed by atoms with E-state index >= 15 is 0 Å². The Labute approximate surface area is 128 Å². The van der Waals surface area contributed by atoms with E-state index in [0.29, 0.717) is 11.7 Å². The third-order valence-electron chi connectivity index (χ3n) is 4.06. The van der Waals surface area contributed by atoms with Crippen molar-refractivity contribution < 1.29 is 4.92 Å². The Morgan fingerprint density at radius 1 is 1.35 bits per heavy atom. The minimum Gasteiger partial charge on any atom is -0.377 e. The van der Waals surface area contributed by atoms with Crippen LogP contribution in [-0.2, 0) is 0 Å². The highest BCUT2D eigenvalue weighted by molar-refractivity contribution is 9.10. The fourth-order valence-corrected chi connectivity index (χ4v) is 3.37. The molecule has 1 aromatic rings. The third kappa shape index (κ3) is 3.95. The molecular formula is C15H21BrN2O2. The summed E-state index contributed by atoms with van der Waals surface area (Å²) >= 11 is 3.38. The summed E-state index contributed by atoms with van der Waals surface area (Å²) in [6.45, 7) is 2.23. The van der Waals surface area contributed by atoms with Crippen molar-refractivity contribution >= 4 is 27.3 Å². The minimum atomic E-state index is -0.322. The lowest BCUT2D eigenvalue weighted by molar-refractivity contribution is -0.384. The van der Waals surface area contributed by atoms with Crippen molar-refractivity contribution in [3.63, 3.8) is 0 Å². The van der Waals surface area contributed by atoms with Crippen molar-refractivity contribution in [2.24, 2.45) is 5.92 Å². The number of rotatable bonds is 5. The van der Waals surface area contributed by atoms with Crippen LogP contribution in [0.15, 0.2) is 22.7 Å². The zero-order valence-corrected chi connectivity index (χ0v) is 13.4. The lowest BCUT2D eigenvalue weighted by Crippen LogP contribution is -2.26. The standard InChI is InChI=1S/C15H21BrN2O2/c1-2-3-11-4-7-13(8-5-11)17-14-10-12(16)6-9-15(14)18(19)20/h6,9-11,13,17H,2-5,7-8H2,1H3. The molecule has 2 rings (SSSR count). The number of nitro benzene ring substituents is 1. The summed E-state index contributed by atoms with van der Waals surface area (Å²) in [5.41, 5.74) is 0.784. The Hall–Kier alpha value is -1.10. The van der Waals surface area contributed by atoms with E-state index in [0.717, 1.165) is 23.2 Å². The Balaban J connectivity index is 2.00. The van der Waals surface area contributed by atoms with E-state index in [1.165, 1.54) is 25.7 Å². The van der Waals surface area contributed by atoms with Gasteiger partial charge in [0.05, 0.1) is 4.92 Å². The molecule has 1 aliphatic rings. The normalized spacial score (nSPS) is 22.5. The Morgan fingerprint density at radius 2 is 2.05 bits per heavy atom. The molecule has 1 N–H and O–H groups in total. The fraction of sp³-hybridized carbons (Fsp3) is 0.600. The first-order chi connectivity index (χ1) is 9.60.